The monoisotopic (exact) mass is 389 g/mol. The summed E-state index contributed by atoms with van der Waals surface area (Å²) in [7, 11) is -1.62. The van der Waals surface area contributed by atoms with E-state index < -0.39 is 10.0 Å². The number of amides is 1. The van der Waals surface area contributed by atoms with Gasteiger partial charge in [0.25, 0.3) is 5.91 Å². The molecule has 144 valence electrons. The fourth-order valence-corrected chi connectivity index (χ4v) is 5.24. The van der Waals surface area contributed by atoms with Crippen LogP contribution in [0.2, 0.25) is 0 Å². The molecule has 27 heavy (non-hydrogen) atoms. The molecule has 3 heterocycles. The zero-order valence-corrected chi connectivity index (χ0v) is 16.1. The van der Waals surface area contributed by atoms with Crippen LogP contribution in [0.4, 0.5) is 0 Å². The zero-order chi connectivity index (χ0) is 19.2. The molecule has 0 radical (unpaired) electrons. The Balaban J connectivity index is 1.69. The van der Waals surface area contributed by atoms with Crippen molar-refractivity contribution in [3.8, 4) is 5.75 Å². The van der Waals surface area contributed by atoms with Gasteiger partial charge in [0.2, 0.25) is 10.0 Å². The third kappa shape index (κ3) is 3.23. The van der Waals surface area contributed by atoms with Gasteiger partial charge in [0.15, 0.2) is 0 Å². The van der Waals surface area contributed by atoms with Gasteiger partial charge in [0.05, 0.1) is 19.4 Å². The number of methoxy groups -OCH3 is 1. The van der Waals surface area contributed by atoms with E-state index in [0.717, 1.165) is 11.3 Å². The summed E-state index contributed by atoms with van der Waals surface area (Å²) in [4.78, 5) is 17.9. The van der Waals surface area contributed by atoms with Gasteiger partial charge in [-0.2, -0.15) is 0 Å². The predicted octanol–water partition coefficient (Wildman–Crippen LogP) is 1.73. The number of nitrogens with zero attached hydrogens (tertiary/aromatic N) is 2. The average molecular weight is 389 g/mol. The molecule has 0 spiro atoms. The van der Waals surface area contributed by atoms with Crippen LogP contribution in [0.5, 0.6) is 5.75 Å². The van der Waals surface area contributed by atoms with Crippen LogP contribution in [0.1, 0.15) is 22.1 Å². The summed E-state index contributed by atoms with van der Waals surface area (Å²) in [6.45, 7) is 1.45. The second kappa shape index (κ2) is 6.69. The first-order valence-corrected chi connectivity index (χ1v) is 10.8. The van der Waals surface area contributed by atoms with Crippen LogP contribution in [0.25, 0.3) is 0 Å². The van der Waals surface area contributed by atoms with Crippen molar-refractivity contribution < 1.29 is 17.9 Å². The summed E-state index contributed by atoms with van der Waals surface area (Å²) < 4.78 is 30.8. The van der Waals surface area contributed by atoms with Gasteiger partial charge in [-0.3, -0.25) is 4.79 Å². The highest BCUT2D eigenvalue weighted by Gasteiger charge is 2.51. The van der Waals surface area contributed by atoms with Gasteiger partial charge in [-0.05, 0) is 35.7 Å². The number of benzene rings is 1. The molecular weight excluding hydrogens is 366 g/mol. The number of sulfonamides is 1. The van der Waals surface area contributed by atoms with E-state index in [1.807, 2.05) is 29.2 Å². The summed E-state index contributed by atoms with van der Waals surface area (Å²) in [6, 6.07) is 11.1. The highest BCUT2D eigenvalue weighted by molar-refractivity contribution is 7.88. The molecule has 2 aliphatic heterocycles. The second-order valence-corrected chi connectivity index (χ2v) is 9.25. The van der Waals surface area contributed by atoms with Crippen molar-refractivity contribution in [2.75, 3.05) is 33.0 Å². The fraction of sp³-hybridized carbons (Fsp3) is 0.421. The minimum Gasteiger partial charge on any atom is -0.497 e. The Hall–Kier alpha value is -2.32. The van der Waals surface area contributed by atoms with E-state index in [4.69, 9.17) is 4.74 Å². The third-order valence-corrected chi connectivity index (χ3v) is 6.88. The Morgan fingerprint density at radius 1 is 1.15 bits per heavy atom. The molecule has 8 heteroatoms. The minimum atomic E-state index is -3.24. The molecule has 2 saturated heterocycles. The van der Waals surface area contributed by atoms with Crippen LogP contribution in [-0.2, 0) is 10.0 Å². The van der Waals surface area contributed by atoms with Gasteiger partial charge in [0.1, 0.15) is 11.4 Å². The lowest BCUT2D eigenvalue weighted by atomic mass is 9.89. The third-order valence-electron chi connectivity index (χ3n) is 5.65. The van der Waals surface area contributed by atoms with Crippen molar-refractivity contribution in [1.82, 2.24) is 14.2 Å². The summed E-state index contributed by atoms with van der Waals surface area (Å²) in [5.74, 6) is 0.902. The van der Waals surface area contributed by atoms with Crippen LogP contribution in [-0.4, -0.2) is 61.5 Å². The van der Waals surface area contributed by atoms with Gasteiger partial charge in [-0.15, -0.1) is 0 Å². The van der Waals surface area contributed by atoms with Gasteiger partial charge in [-0.1, -0.05) is 12.1 Å². The lowest BCUT2D eigenvalue weighted by Gasteiger charge is -2.29. The van der Waals surface area contributed by atoms with Crippen LogP contribution < -0.4 is 4.74 Å². The number of likely N-dealkylation sites (tertiary alicyclic amines) is 1. The second-order valence-electron chi connectivity index (χ2n) is 7.26. The maximum atomic E-state index is 13.1. The van der Waals surface area contributed by atoms with Crippen LogP contribution in [0.15, 0.2) is 42.6 Å². The molecule has 0 saturated carbocycles. The SMILES string of the molecule is COc1ccc([C@H]2[C@H]3CN(S(C)(=O)=O)C[C@H]3CN2C(=O)c2ccc[nH]2)cc1. The number of aromatic nitrogens is 1. The minimum absolute atomic E-state index is 0.0545. The Morgan fingerprint density at radius 2 is 1.89 bits per heavy atom. The van der Waals surface area contributed by atoms with Gasteiger partial charge in [-0.25, -0.2) is 12.7 Å². The molecular formula is C19H23N3O4S. The fourth-order valence-electron chi connectivity index (χ4n) is 4.33. The quantitative estimate of drug-likeness (QED) is 0.863. The molecule has 0 bridgehead atoms. The number of hydrogen-bond acceptors (Lipinski definition) is 4. The molecule has 3 atom stereocenters. The number of ether oxygens (including phenoxy) is 1. The molecule has 1 aromatic heterocycles. The van der Waals surface area contributed by atoms with Crippen molar-refractivity contribution in [1.29, 1.82) is 0 Å². The molecule has 1 N–H and O–H groups in total. The van der Waals surface area contributed by atoms with Crippen LogP contribution in [0, 0.1) is 11.8 Å². The van der Waals surface area contributed by atoms with Crippen LogP contribution >= 0.6 is 0 Å². The molecule has 2 fully saturated rings. The molecule has 2 aliphatic rings. The van der Waals surface area contributed by atoms with Gasteiger partial charge in [0, 0.05) is 31.7 Å². The summed E-state index contributed by atoms with van der Waals surface area (Å²) in [5.41, 5.74) is 1.55. The van der Waals surface area contributed by atoms with E-state index in [1.54, 1.807) is 25.4 Å². The van der Waals surface area contributed by atoms with Crippen molar-refractivity contribution in [3.63, 3.8) is 0 Å². The number of rotatable bonds is 4. The largest absolute Gasteiger partial charge is 0.497 e. The van der Waals surface area contributed by atoms with E-state index >= 15 is 0 Å². The zero-order valence-electron chi connectivity index (χ0n) is 15.3. The number of fused-ring (bicyclic) bond motifs is 1. The number of carbonyl (C=O) groups excluding carboxylic acids is 1. The Morgan fingerprint density at radius 3 is 2.48 bits per heavy atom. The van der Waals surface area contributed by atoms with Crippen molar-refractivity contribution >= 4 is 15.9 Å². The summed E-state index contributed by atoms with van der Waals surface area (Å²) in [6.07, 6.45) is 2.98. The first kappa shape index (κ1) is 18.1. The molecule has 1 aromatic carbocycles. The highest BCUT2D eigenvalue weighted by Crippen LogP contribution is 2.46. The van der Waals surface area contributed by atoms with Crippen LogP contribution in [0.3, 0.4) is 0 Å². The van der Waals surface area contributed by atoms with E-state index in [-0.39, 0.29) is 23.8 Å². The normalized spacial score (nSPS) is 25.6. The average Bonchev–Trinajstić information content (AvgIpc) is 3.36. The van der Waals surface area contributed by atoms with Crippen molar-refractivity contribution in [3.05, 3.63) is 53.9 Å². The predicted molar refractivity (Wildman–Crippen MR) is 101 cm³/mol. The maximum absolute atomic E-state index is 13.1. The molecule has 7 nitrogen and oxygen atoms in total. The smallest absolute Gasteiger partial charge is 0.270 e. The van der Waals surface area contributed by atoms with Crippen molar-refractivity contribution in [2.45, 2.75) is 6.04 Å². The van der Waals surface area contributed by atoms with E-state index in [1.165, 1.54) is 10.6 Å². The number of H-pyrrole nitrogens is 1. The Bertz CT molecular complexity index is 924. The number of aromatic amines is 1. The standard InChI is InChI=1S/C19H23N3O4S/c1-26-15-7-5-13(6-8-15)18-16-12-21(27(2,24)25)10-14(16)11-22(18)19(23)17-4-3-9-20-17/h3-9,14,16,18,20H,10-12H2,1-2H3/t14-,16-,18-/m0/s1. The van der Waals surface area contributed by atoms with E-state index in [2.05, 4.69) is 4.98 Å². The maximum Gasteiger partial charge on any atom is 0.270 e. The Kier molecular flexibility index (Phi) is 4.47. The van der Waals surface area contributed by atoms with Gasteiger partial charge < -0.3 is 14.6 Å². The lowest BCUT2D eigenvalue weighted by Crippen LogP contribution is -2.37. The van der Waals surface area contributed by atoms with Crippen molar-refractivity contribution in [2.24, 2.45) is 11.8 Å². The molecule has 4 rings (SSSR count). The molecule has 0 unspecified atom stereocenters. The summed E-state index contributed by atoms with van der Waals surface area (Å²) >= 11 is 0. The molecule has 1 amide bonds. The number of nitrogens with one attached hydrogen (secondary N) is 1. The van der Waals surface area contributed by atoms with E-state index in [9.17, 15) is 13.2 Å². The Labute approximate surface area is 159 Å². The van der Waals surface area contributed by atoms with Gasteiger partial charge >= 0.3 is 0 Å². The molecule has 2 aromatic rings. The first-order valence-electron chi connectivity index (χ1n) is 8.92. The van der Waals surface area contributed by atoms with E-state index in [0.29, 0.717) is 25.3 Å². The first-order chi connectivity index (χ1) is 12.9. The number of hydrogen-bond donors (Lipinski definition) is 1. The highest BCUT2D eigenvalue weighted by atomic mass is 32.2. The lowest BCUT2D eigenvalue weighted by molar-refractivity contribution is 0.0704. The summed E-state index contributed by atoms with van der Waals surface area (Å²) in [5, 5.41) is 0. The molecule has 0 aliphatic carbocycles. The number of carbonyl (C=O) groups is 1. The topological polar surface area (TPSA) is 82.7 Å².